The van der Waals surface area contributed by atoms with Gasteiger partial charge in [0, 0.05) is 25.0 Å². The number of ether oxygens (including phenoxy) is 1. The average molecular weight is 286 g/mol. The second-order valence-electron chi connectivity index (χ2n) is 5.07. The van der Waals surface area contributed by atoms with E-state index in [1.807, 2.05) is 6.07 Å². The predicted octanol–water partition coefficient (Wildman–Crippen LogP) is 3.82. The maximum atomic E-state index is 13.7. The Labute approximate surface area is 119 Å². The summed E-state index contributed by atoms with van der Waals surface area (Å²) in [6, 6.07) is 5.79. The van der Waals surface area contributed by atoms with Gasteiger partial charge in [0.1, 0.15) is 0 Å². The van der Waals surface area contributed by atoms with Gasteiger partial charge in [0.15, 0.2) is 11.6 Å². The molecule has 0 bridgehead atoms. The molecule has 1 fully saturated rings. The van der Waals surface area contributed by atoms with Gasteiger partial charge in [-0.2, -0.15) is 0 Å². The van der Waals surface area contributed by atoms with Gasteiger partial charge >= 0.3 is 0 Å². The summed E-state index contributed by atoms with van der Waals surface area (Å²) in [4.78, 5) is 2.38. The fraction of sp³-hybridized carbons (Fsp3) is 0.600. The van der Waals surface area contributed by atoms with Gasteiger partial charge in [-0.05, 0) is 30.5 Å². The smallest absolute Gasteiger partial charge is 0.165 e. The normalized spacial score (nSPS) is 16.2. The Morgan fingerprint density at radius 3 is 2.68 bits per heavy atom. The summed E-state index contributed by atoms with van der Waals surface area (Å²) in [5.41, 5.74) is 0.982. The first-order chi connectivity index (χ1) is 9.24. The highest BCUT2D eigenvalue weighted by molar-refractivity contribution is 6.18. The Bertz CT molecular complexity index is 407. The van der Waals surface area contributed by atoms with Crippen LogP contribution in [0.3, 0.4) is 0 Å². The van der Waals surface area contributed by atoms with Crippen LogP contribution in [0, 0.1) is 5.82 Å². The van der Waals surface area contributed by atoms with Gasteiger partial charge in [0.25, 0.3) is 0 Å². The number of rotatable bonds is 6. The van der Waals surface area contributed by atoms with Crippen LogP contribution in [0.4, 0.5) is 4.39 Å². The second kappa shape index (κ2) is 7.11. The Kier molecular flexibility index (Phi) is 5.46. The predicted molar refractivity (Wildman–Crippen MR) is 76.3 cm³/mol. The van der Waals surface area contributed by atoms with Crippen LogP contribution >= 0.6 is 11.6 Å². The molecule has 2 nitrogen and oxygen atoms in total. The van der Waals surface area contributed by atoms with E-state index in [0.29, 0.717) is 17.7 Å². The van der Waals surface area contributed by atoms with Crippen LogP contribution in [0.2, 0.25) is 0 Å². The summed E-state index contributed by atoms with van der Waals surface area (Å²) in [7, 11) is 1.48. The van der Waals surface area contributed by atoms with Crippen molar-refractivity contribution < 1.29 is 9.13 Å². The van der Waals surface area contributed by atoms with E-state index in [4.69, 9.17) is 16.3 Å². The van der Waals surface area contributed by atoms with E-state index in [1.54, 1.807) is 12.1 Å². The maximum Gasteiger partial charge on any atom is 0.165 e. The summed E-state index contributed by atoms with van der Waals surface area (Å²) in [5, 5.41) is 0. The molecule has 0 unspecified atom stereocenters. The SMILES string of the molecule is COc1ccc(CN(CCCl)C2CCCC2)cc1F. The molecule has 1 aliphatic carbocycles. The van der Waals surface area contributed by atoms with Gasteiger partial charge in [0.2, 0.25) is 0 Å². The minimum absolute atomic E-state index is 0.294. The molecule has 1 aromatic rings. The summed E-state index contributed by atoms with van der Waals surface area (Å²) < 4.78 is 18.6. The van der Waals surface area contributed by atoms with Crippen LogP contribution in [0.25, 0.3) is 0 Å². The van der Waals surface area contributed by atoms with Crippen molar-refractivity contribution in [3.05, 3.63) is 29.6 Å². The first kappa shape index (κ1) is 14.6. The van der Waals surface area contributed by atoms with Crippen molar-refractivity contribution in [1.82, 2.24) is 4.90 Å². The minimum Gasteiger partial charge on any atom is -0.494 e. The van der Waals surface area contributed by atoms with E-state index in [-0.39, 0.29) is 5.82 Å². The lowest BCUT2D eigenvalue weighted by atomic mass is 10.1. The Balaban J connectivity index is 2.05. The zero-order chi connectivity index (χ0) is 13.7. The van der Waals surface area contributed by atoms with E-state index in [0.717, 1.165) is 18.7 Å². The third-order valence-corrected chi connectivity index (χ3v) is 3.98. The summed E-state index contributed by atoms with van der Waals surface area (Å²) in [6.07, 6.45) is 5.05. The average Bonchev–Trinajstić information content (AvgIpc) is 2.92. The first-order valence-corrected chi connectivity index (χ1v) is 7.40. The highest BCUT2D eigenvalue weighted by Crippen LogP contribution is 2.26. The molecule has 0 heterocycles. The van der Waals surface area contributed by atoms with E-state index in [2.05, 4.69) is 4.90 Å². The molecule has 4 heteroatoms. The van der Waals surface area contributed by atoms with Crippen molar-refractivity contribution in [2.24, 2.45) is 0 Å². The number of benzene rings is 1. The number of alkyl halides is 1. The molecule has 19 heavy (non-hydrogen) atoms. The number of methoxy groups -OCH3 is 1. The standard InChI is InChI=1S/C15H21ClFNO/c1-19-15-7-6-12(10-14(15)17)11-18(9-8-16)13-4-2-3-5-13/h6-7,10,13H,2-5,8-9,11H2,1H3. The van der Waals surface area contributed by atoms with Crippen LogP contribution < -0.4 is 4.74 Å². The van der Waals surface area contributed by atoms with E-state index >= 15 is 0 Å². The fourth-order valence-electron chi connectivity index (χ4n) is 2.81. The molecule has 1 aliphatic rings. The molecule has 106 valence electrons. The summed E-state index contributed by atoms with van der Waals surface area (Å²) >= 11 is 5.88. The van der Waals surface area contributed by atoms with Crippen LogP contribution in [-0.4, -0.2) is 30.5 Å². The lowest BCUT2D eigenvalue weighted by Crippen LogP contribution is -2.34. The van der Waals surface area contributed by atoms with Gasteiger partial charge in [0.05, 0.1) is 7.11 Å². The molecule has 0 saturated heterocycles. The topological polar surface area (TPSA) is 12.5 Å². The zero-order valence-electron chi connectivity index (χ0n) is 11.4. The molecule has 1 aromatic carbocycles. The van der Waals surface area contributed by atoms with Crippen LogP contribution in [0.1, 0.15) is 31.2 Å². The van der Waals surface area contributed by atoms with E-state index in [1.165, 1.54) is 32.8 Å². The van der Waals surface area contributed by atoms with Gasteiger partial charge in [-0.25, -0.2) is 4.39 Å². The monoisotopic (exact) mass is 285 g/mol. The zero-order valence-corrected chi connectivity index (χ0v) is 12.1. The molecule has 2 rings (SSSR count). The molecule has 1 saturated carbocycles. The van der Waals surface area contributed by atoms with Gasteiger partial charge in [-0.15, -0.1) is 11.6 Å². The second-order valence-corrected chi connectivity index (χ2v) is 5.44. The van der Waals surface area contributed by atoms with E-state index in [9.17, 15) is 4.39 Å². The van der Waals surface area contributed by atoms with Crippen molar-refractivity contribution in [3.63, 3.8) is 0 Å². The van der Waals surface area contributed by atoms with Gasteiger partial charge < -0.3 is 4.74 Å². The molecule has 0 spiro atoms. The number of halogens is 2. The van der Waals surface area contributed by atoms with E-state index < -0.39 is 0 Å². The van der Waals surface area contributed by atoms with Crippen LogP contribution in [-0.2, 0) is 6.54 Å². The largest absolute Gasteiger partial charge is 0.494 e. The molecule has 0 aliphatic heterocycles. The van der Waals surface area contributed by atoms with Crippen molar-refractivity contribution >= 4 is 11.6 Å². The van der Waals surface area contributed by atoms with Crippen LogP contribution in [0.5, 0.6) is 5.75 Å². The third kappa shape index (κ3) is 3.83. The number of hydrogen-bond acceptors (Lipinski definition) is 2. The Hall–Kier alpha value is -0.800. The Morgan fingerprint density at radius 2 is 2.11 bits per heavy atom. The molecule has 0 amide bonds. The highest BCUT2D eigenvalue weighted by Gasteiger charge is 2.22. The molecule has 0 aromatic heterocycles. The summed E-state index contributed by atoms with van der Waals surface area (Å²) in [6.45, 7) is 1.62. The third-order valence-electron chi connectivity index (χ3n) is 3.81. The van der Waals surface area contributed by atoms with Crippen molar-refractivity contribution in [3.8, 4) is 5.75 Å². The summed E-state index contributed by atoms with van der Waals surface area (Å²) in [5.74, 6) is 0.626. The number of nitrogens with zero attached hydrogens (tertiary/aromatic N) is 1. The number of hydrogen-bond donors (Lipinski definition) is 0. The molecule has 0 atom stereocenters. The minimum atomic E-state index is -0.294. The molecule has 0 radical (unpaired) electrons. The maximum absolute atomic E-state index is 13.7. The van der Waals surface area contributed by atoms with Gasteiger partial charge in [-0.1, -0.05) is 18.9 Å². The van der Waals surface area contributed by atoms with Gasteiger partial charge in [-0.3, -0.25) is 4.90 Å². The lowest BCUT2D eigenvalue weighted by Gasteiger charge is -2.28. The van der Waals surface area contributed by atoms with Crippen molar-refractivity contribution in [2.45, 2.75) is 38.3 Å². The Morgan fingerprint density at radius 1 is 1.37 bits per heavy atom. The molecule has 0 N–H and O–H groups in total. The molecular weight excluding hydrogens is 265 g/mol. The fourth-order valence-corrected chi connectivity index (χ4v) is 3.03. The highest BCUT2D eigenvalue weighted by atomic mass is 35.5. The van der Waals surface area contributed by atoms with Crippen molar-refractivity contribution in [2.75, 3.05) is 19.5 Å². The first-order valence-electron chi connectivity index (χ1n) is 6.87. The lowest BCUT2D eigenvalue weighted by molar-refractivity contribution is 0.201. The van der Waals surface area contributed by atoms with Crippen LogP contribution in [0.15, 0.2) is 18.2 Å². The van der Waals surface area contributed by atoms with Crippen molar-refractivity contribution in [1.29, 1.82) is 0 Å². The molecular formula is C15H21ClFNO. The quantitative estimate of drug-likeness (QED) is 0.737.